The highest BCUT2D eigenvalue weighted by Gasteiger charge is 2.22. The van der Waals surface area contributed by atoms with Crippen LogP contribution in [0.2, 0.25) is 0 Å². The second-order valence-electron chi connectivity index (χ2n) is 5.03. The lowest BCUT2D eigenvalue weighted by Crippen LogP contribution is -2.46. The fourth-order valence-electron chi connectivity index (χ4n) is 2.34. The lowest BCUT2D eigenvalue weighted by molar-refractivity contribution is 0.139. The molecule has 3 atom stereocenters. The van der Waals surface area contributed by atoms with Gasteiger partial charge in [0.15, 0.2) is 0 Å². The molecular formula is C13H22N2OS. The Bertz CT molecular complexity index is 328. The largest absolute Gasteiger partial charge is 0.387 e. The molecule has 3 nitrogen and oxygen atoms in total. The van der Waals surface area contributed by atoms with Crippen LogP contribution >= 0.6 is 11.3 Å². The molecule has 0 aliphatic carbocycles. The first-order valence-electron chi connectivity index (χ1n) is 6.30. The van der Waals surface area contributed by atoms with Crippen molar-refractivity contribution in [3.8, 4) is 0 Å². The van der Waals surface area contributed by atoms with Gasteiger partial charge in [-0.3, -0.25) is 0 Å². The number of aliphatic hydroxyl groups excluding tert-OH is 1. The van der Waals surface area contributed by atoms with Crippen LogP contribution in [0.4, 0.5) is 0 Å². The minimum atomic E-state index is -0.365. The van der Waals surface area contributed by atoms with Gasteiger partial charge in [-0.2, -0.15) is 11.3 Å². The van der Waals surface area contributed by atoms with Gasteiger partial charge in [0.2, 0.25) is 0 Å². The highest BCUT2D eigenvalue weighted by Crippen LogP contribution is 2.18. The Kier molecular flexibility index (Phi) is 4.56. The molecule has 1 aromatic rings. The van der Waals surface area contributed by atoms with Crippen molar-refractivity contribution in [3.05, 3.63) is 22.4 Å². The minimum Gasteiger partial charge on any atom is -0.387 e. The predicted molar refractivity (Wildman–Crippen MR) is 72.4 cm³/mol. The van der Waals surface area contributed by atoms with Crippen LogP contribution in [-0.4, -0.2) is 42.2 Å². The summed E-state index contributed by atoms with van der Waals surface area (Å²) in [7, 11) is 2.18. The normalized spacial score (nSPS) is 28.2. The summed E-state index contributed by atoms with van der Waals surface area (Å²) < 4.78 is 0. The molecule has 2 heterocycles. The number of likely N-dealkylation sites (tertiary alicyclic amines) is 1. The number of rotatable bonds is 4. The quantitative estimate of drug-likeness (QED) is 0.861. The van der Waals surface area contributed by atoms with Crippen molar-refractivity contribution in [2.45, 2.75) is 38.0 Å². The second-order valence-corrected chi connectivity index (χ2v) is 5.81. The van der Waals surface area contributed by atoms with Crippen LogP contribution in [0.25, 0.3) is 0 Å². The van der Waals surface area contributed by atoms with E-state index in [1.165, 1.54) is 12.8 Å². The summed E-state index contributed by atoms with van der Waals surface area (Å²) in [6.07, 6.45) is 1.99. The molecule has 0 spiro atoms. The zero-order chi connectivity index (χ0) is 12.3. The third-order valence-electron chi connectivity index (χ3n) is 3.74. The van der Waals surface area contributed by atoms with Crippen LogP contribution in [0.15, 0.2) is 16.8 Å². The first-order valence-corrected chi connectivity index (χ1v) is 7.25. The number of hydrogen-bond donors (Lipinski definition) is 2. The van der Waals surface area contributed by atoms with Gasteiger partial charge in [0.1, 0.15) is 0 Å². The van der Waals surface area contributed by atoms with Gasteiger partial charge < -0.3 is 15.3 Å². The van der Waals surface area contributed by atoms with E-state index in [4.69, 9.17) is 0 Å². The van der Waals surface area contributed by atoms with Gasteiger partial charge in [-0.25, -0.2) is 0 Å². The molecule has 1 aliphatic heterocycles. The van der Waals surface area contributed by atoms with Gasteiger partial charge in [0.25, 0.3) is 0 Å². The van der Waals surface area contributed by atoms with E-state index in [-0.39, 0.29) is 6.10 Å². The third kappa shape index (κ3) is 3.52. The van der Waals surface area contributed by atoms with Crippen LogP contribution < -0.4 is 5.32 Å². The van der Waals surface area contributed by atoms with E-state index in [9.17, 15) is 5.11 Å². The molecule has 96 valence electrons. The molecule has 1 aromatic heterocycles. The predicted octanol–water partition coefficient (Wildman–Crippen LogP) is 1.85. The van der Waals surface area contributed by atoms with E-state index in [1.807, 2.05) is 16.8 Å². The third-order valence-corrected chi connectivity index (χ3v) is 4.44. The smallest absolute Gasteiger partial charge is 0.0922 e. The van der Waals surface area contributed by atoms with Crippen molar-refractivity contribution in [1.82, 2.24) is 10.2 Å². The number of nitrogens with zero attached hydrogens (tertiary/aromatic N) is 1. The highest BCUT2D eigenvalue weighted by atomic mass is 32.1. The SMILES string of the molecule is CC1CC(NCC(O)c2ccsc2)CCN1C. The Morgan fingerprint density at radius 3 is 3.12 bits per heavy atom. The maximum absolute atomic E-state index is 9.99. The molecule has 0 bridgehead atoms. The maximum atomic E-state index is 9.99. The molecule has 2 N–H and O–H groups in total. The average Bonchev–Trinajstić information content (AvgIpc) is 2.84. The van der Waals surface area contributed by atoms with E-state index in [1.54, 1.807) is 11.3 Å². The maximum Gasteiger partial charge on any atom is 0.0922 e. The molecular weight excluding hydrogens is 232 g/mol. The Balaban J connectivity index is 1.75. The van der Waals surface area contributed by atoms with Crippen LogP contribution in [-0.2, 0) is 0 Å². The standard InChI is InChI=1S/C13H22N2OS/c1-10-7-12(3-5-15(10)2)14-8-13(16)11-4-6-17-9-11/h4,6,9-10,12-14,16H,3,5,7-8H2,1-2H3. The van der Waals surface area contributed by atoms with Gasteiger partial charge in [0, 0.05) is 18.6 Å². The molecule has 0 amide bonds. The van der Waals surface area contributed by atoms with Crippen molar-refractivity contribution >= 4 is 11.3 Å². The first kappa shape index (κ1) is 13.0. The first-order chi connectivity index (χ1) is 8.16. The molecule has 1 fully saturated rings. The van der Waals surface area contributed by atoms with Crippen molar-refractivity contribution in [2.24, 2.45) is 0 Å². The van der Waals surface area contributed by atoms with Gasteiger partial charge >= 0.3 is 0 Å². The Morgan fingerprint density at radius 2 is 2.47 bits per heavy atom. The summed E-state index contributed by atoms with van der Waals surface area (Å²) in [4.78, 5) is 2.40. The molecule has 1 saturated heterocycles. The van der Waals surface area contributed by atoms with Crippen LogP contribution in [0, 0.1) is 0 Å². The Hall–Kier alpha value is -0.420. The Morgan fingerprint density at radius 1 is 1.65 bits per heavy atom. The second kappa shape index (κ2) is 5.96. The molecule has 0 radical (unpaired) electrons. The molecule has 2 rings (SSSR count). The molecule has 0 aromatic carbocycles. The molecule has 0 saturated carbocycles. The van der Waals surface area contributed by atoms with Crippen molar-refractivity contribution < 1.29 is 5.11 Å². The average molecular weight is 254 g/mol. The van der Waals surface area contributed by atoms with E-state index >= 15 is 0 Å². The van der Waals surface area contributed by atoms with Crippen LogP contribution in [0.5, 0.6) is 0 Å². The summed E-state index contributed by atoms with van der Waals surface area (Å²) in [5.74, 6) is 0. The topological polar surface area (TPSA) is 35.5 Å². The summed E-state index contributed by atoms with van der Waals surface area (Å²) in [5, 5.41) is 17.5. The Labute approximate surface area is 107 Å². The summed E-state index contributed by atoms with van der Waals surface area (Å²) in [5.41, 5.74) is 1.03. The van der Waals surface area contributed by atoms with Gasteiger partial charge in [-0.15, -0.1) is 0 Å². The zero-order valence-electron chi connectivity index (χ0n) is 10.6. The number of nitrogens with one attached hydrogen (secondary N) is 1. The van der Waals surface area contributed by atoms with Crippen molar-refractivity contribution in [2.75, 3.05) is 20.1 Å². The zero-order valence-corrected chi connectivity index (χ0v) is 11.4. The summed E-state index contributed by atoms with van der Waals surface area (Å²) >= 11 is 1.64. The lowest BCUT2D eigenvalue weighted by Gasteiger charge is -2.35. The number of piperidine rings is 1. The van der Waals surface area contributed by atoms with Gasteiger partial charge in [-0.1, -0.05) is 0 Å². The summed E-state index contributed by atoms with van der Waals surface area (Å²) in [6, 6.07) is 3.18. The van der Waals surface area contributed by atoms with E-state index in [0.717, 1.165) is 12.1 Å². The van der Waals surface area contributed by atoms with Crippen molar-refractivity contribution in [1.29, 1.82) is 0 Å². The van der Waals surface area contributed by atoms with E-state index in [0.29, 0.717) is 18.6 Å². The summed E-state index contributed by atoms with van der Waals surface area (Å²) in [6.45, 7) is 4.08. The van der Waals surface area contributed by atoms with E-state index in [2.05, 4.69) is 24.2 Å². The fourth-order valence-corrected chi connectivity index (χ4v) is 3.04. The number of aliphatic hydroxyl groups is 1. The molecule has 3 unspecified atom stereocenters. The molecule has 1 aliphatic rings. The van der Waals surface area contributed by atoms with Crippen LogP contribution in [0.3, 0.4) is 0 Å². The van der Waals surface area contributed by atoms with Crippen molar-refractivity contribution in [3.63, 3.8) is 0 Å². The minimum absolute atomic E-state index is 0.365. The number of hydrogen-bond acceptors (Lipinski definition) is 4. The number of thiophene rings is 1. The monoisotopic (exact) mass is 254 g/mol. The fraction of sp³-hybridized carbons (Fsp3) is 0.692. The molecule has 4 heteroatoms. The van der Waals surface area contributed by atoms with E-state index < -0.39 is 0 Å². The van der Waals surface area contributed by atoms with Crippen LogP contribution in [0.1, 0.15) is 31.4 Å². The molecule has 17 heavy (non-hydrogen) atoms. The lowest BCUT2D eigenvalue weighted by atomic mass is 9.98. The van der Waals surface area contributed by atoms with Gasteiger partial charge in [0.05, 0.1) is 6.10 Å². The van der Waals surface area contributed by atoms with Gasteiger partial charge in [-0.05, 0) is 55.7 Å². The highest BCUT2D eigenvalue weighted by molar-refractivity contribution is 7.07.